The SMILES string of the molecule is Cc1cccc(O[C@H](C)CNC(=O)NC[C@H]2CCOC2)c1. The first-order valence-electron chi connectivity index (χ1n) is 7.46. The first-order chi connectivity index (χ1) is 10.1. The van der Waals surface area contributed by atoms with Crippen LogP contribution in [0.15, 0.2) is 24.3 Å². The Hall–Kier alpha value is -1.75. The van der Waals surface area contributed by atoms with E-state index in [4.69, 9.17) is 9.47 Å². The molecule has 0 aromatic heterocycles. The van der Waals surface area contributed by atoms with Gasteiger partial charge < -0.3 is 20.1 Å². The Balaban J connectivity index is 1.63. The van der Waals surface area contributed by atoms with Crippen LogP contribution in [-0.2, 0) is 4.74 Å². The normalized spacial score (nSPS) is 19.0. The minimum absolute atomic E-state index is 0.0765. The summed E-state index contributed by atoms with van der Waals surface area (Å²) in [5, 5.41) is 5.69. The highest BCUT2D eigenvalue weighted by atomic mass is 16.5. The van der Waals surface area contributed by atoms with E-state index in [9.17, 15) is 4.79 Å². The number of carbonyl (C=O) groups is 1. The van der Waals surface area contributed by atoms with Crippen LogP contribution in [0.4, 0.5) is 4.79 Å². The summed E-state index contributed by atoms with van der Waals surface area (Å²) in [6.45, 7) is 6.64. The van der Waals surface area contributed by atoms with Crippen molar-refractivity contribution in [1.82, 2.24) is 10.6 Å². The van der Waals surface area contributed by atoms with E-state index in [1.54, 1.807) is 0 Å². The molecule has 2 atom stereocenters. The van der Waals surface area contributed by atoms with Crippen molar-refractivity contribution in [3.8, 4) is 5.75 Å². The van der Waals surface area contributed by atoms with Crippen LogP contribution in [0.25, 0.3) is 0 Å². The zero-order valence-electron chi connectivity index (χ0n) is 12.7. The van der Waals surface area contributed by atoms with E-state index in [0.29, 0.717) is 19.0 Å². The van der Waals surface area contributed by atoms with Gasteiger partial charge in [-0.15, -0.1) is 0 Å². The third kappa shape index (κ3) is 5.63. The van der Waals surface area contributed by atoms with E-state index in [-0.39, 0.29) is 12.1 Å². The van der Waals surface area contributed by atoms with Crippen LogP contribution >= 0.6 is 0 Å². The molecule has 1 saturated heterocycles. The molecule has 1 aliphatic rings. The molecule has 116 valence electrons. The van der Waals surface area contributed by atoms with Crippen LogP contribution in [0.5, 0.6) is 5.75 Å². The van der Waals surface area contributed by atoms with Crippen molar-refractivity contribution in [3.63, 3.8) is 0 Å². The van der Waals surface area contributed by atoms with Gasteiger partial charge in [-0.05, 0) is 38.0 Å². The monoisotopic (exact) mass is 292 g/mol. The number of urea groups is 1. The molecule has 1 aromatic carbocycles. The lowest BCUT2D eigenvalue weighted by atomic mass is 10.1. The molecule has 0 spiro atoms. The Labute approximate surface area is 126 Å². The smallest absolute Gasteiger partial charge is 0.314 e. The first-order valence-corrected chi connectivity index (χ1v) is 7.46. The van der Waals surface area contributed by atoms with Crippen LogP contribution in [0.2, 0.25) is 0 Å². The van der Waals surface area contributed by atoms with E-state index in [0.717, 1.165) is 30.9 Å². The zero-order valence-corrected chi connectivity index (χ0v) is 12.7. The molecule has 0 bridgehead atoms. The second kappa shape index (κ2) is 7.88. The maximum absolute atomic E-state index is 11.7. The molecule has 2 amide bonds. The number of rotatable bonds is 6. The van der Waals surface area contributed by atoms with Crippen LogP contribution in [-0.4, -0.2) is 38.4 Å². The molecule has 1 heterocycles. The van der Waals surface area contributed by atoms with Crippen LogP contribution in [0.1, 0.15) is 18.9 Å². The van der Waals surface area contributed by atoms with E-state index in [1.165, 1.54) is 0 Å². The summed E-state index contributed by atoms with van der Waals surface area (Å²) >= 11 is 0. The highest BCUT2D eigenvalue weighted by Gasteiger charge is 2.16. The molecule has 0 unspecified atom stereocenters. The second-order valence-electron chi connectivity index (χ2n) is 5.57. The van der Waals surface area contributed by atoms with Crippen molar-refractivity contribution in [3.05, 3.63) is 29.8 Å². The quantitative estimate of drug-likeness (QED) is 0.844. The van der Waals surface area contributed by atoms with E-state index in [2.05, 4.69) is 10.6 Å². The molecule has 0 aliphatic carbocycles. The molecule has 1 aromatic rings. The van der Waals surface area contributed by atoms with E-state index >= 15 is 0 Å². The predicted octanol–water partition coefficient (Wildman–Crippen LogP) is 2.10. The molecule has 0 saturated carbocycles. The fraction of sp³-hybridized carbons (Fsp3) is 0.562. The van der Waals surface area contributed by atoms with Crippen LogP contribution in [0, 0.1) is 12.8 Å². The van der Waals surface area contributed by atoms with Gasteiger partial charge in [0, 0.05) is 19.1 Å². The maximum atomic E-state index is 11.7. The number of hydrogen-bond donors (Lipinski definition) is 2. The van der Waals surface area contributed by atoms with Gasteiger partial charge in [-0.25, -0.2) is 4.79 Å². The van der Waals surface area contributed by atoms with Gasteiger partial charge in [0.25, 0.3) is 0 Å². The van der Waals surface area contributed by atoms with Gasteiger partial charge in [-0.3, -0.25) is 0 Å². The molecule has 0 radical (unpaired) electrons. The molecule has 2 rings (SSSR count). The summed E-state index contributed by atoms with van der Waals surface area (Å²) in [5.41, 5.74) is 1.16. The van der Waals surface area contributed by atoms with E-state index < -0.39 is 0 Å². The number of hydrogen-bond acceptors (Lipinski definition) is 3. The molecule has 5 heteroatoms. The molecular formula is C16H24N2O3. The Morgan fingerprint density at radius 2 is 2.33 bits per heavy atom. The average molecular weight is 292 g/mol. The Morgan fingerprint density at radius 3 is 3.05 bits per heavy atom. The lowest BCUT2D eigenvalue weighted by Gasteiger charge is -2.16. The van der Waals surface area contributed by atoms with Crippen molar-refractivity contribution in [2.75, 3.05) is 26.3 Å². The van der Waals surface area contributed by atoms with Gasteiger partial charge in [0.2, 0.25) is 0 Å². The number of carbonyl (C=O) groups excluding carboxylic acids is 1. The van der Waals surface area contributed by atoms with Gasteiger partial charge in [-0.2, -0.15) is 0 Å². The number of ether oxygens (including phenoxy) is 2. The van der Waals surface area contributed by atoms with Crippen molar-refractivity contribution < 1.29 is 14.3 Å². The van der Waals surface area contributed by atoms with Crippen molar-refractivity contribution >= 4 is 6.03 Å². The van der Waals surface area contributed by atoms with E-state index in [1.807, 2.05) is 38.1 Å². The van der Waals surface area contributed by atoms with Gasteiger partial charge in [0.05, 0.1) is 13.2 Å². The summed E-state index contributed by atoms with van der Waals surface area (Å²) in [5.74, 6) is 1.27. The maximum Gasteiger partial charge on any atom is 0.314 e. The second-order valence-corrected chi connectivity index (χ2v) is 5.57. The van der Waals surface area contributed by atoms with Crippen molar-refractivity contribution in [2.24, 2.45) is 5.92 Å². The topological polar surface area (TPSA) is 59.6 Å². The lowest BCUT2D eigenvalue weighted by Crippen LogP contribution is -2.42. The summed E-state index contributed by atoms with van der Waals surface area (Å²) < 4.78 is 11.0. The number of aryl methyl sites for hydroxylation is 1. The fourth-order valence-corrected chi connectivity index (χ4v) is 2.24. The fourth-order valence-electron chi connectivity index (χ4n) is 2.24. The largest absolute Gasteiger partial charge is 0.489 e. The summed E-state index contributed by atoms with van der Waals surface area (Å²) in [4.78, 5) is 11.7. The standard InChI is InChI=1S/C16H24N2O3/c1-12-4-3-5-15(8-12)21-13(2)9-17-16(19)18-10-14-6-7-20-11-14/h3-5,8,13-14H,6-7,9-11H2,1-2H3,(H2,17,18,19)/t13-,14-/m1/s1. The number of amides is 2. The Kier molecular flexibility index (Phi) is 5.87. The summed E-state index contributed by atoms with van der Waals surface area (Å²) in [6.07, 6.45) is 0.944. The molecule has 5 nitrogen and oxygen atoms in total. The minimum atomic E-state index is -0.151. The van der Waals surface area contributed by atoms with Crippen molar-refractivity contribution in [2.45, 2.75) is 26.4 Å². The van der Waals surface area contributed by atoms with Gasteiger partial charge >= 0.3 is 6.03 Å². The summed E-state index contributed by atoms with van der Waals surface area (Å²) in [7, 11) is 0. The lowest BCUT2D eigenvalue weighted by molar-refractivity contribution is 0.184. The van der Waals surface area contributed by atoms with Gasteiger partial charge in [-0.1, -0.05) is 12.1 Å². The summed E-state index contributed by atoms with van der Waals surface area (Å²) in [6, 6.07) is 7.74. The zero-order chi connectivity index (χ0) is 15.1. The Morgan fingerprint density at radius 1 is 1.48 bits per heavy atom. The highest BCUT2D eigenvalue weighted by molar-refractivity contribution is 5.73. The van der Waals surface area contributed by atoms with Gasteiger partial charge in [0.15, 0.2) is 0 Å². The van der Waals surface area contributed by atoms with Crippen LogP contribution in [0.3, 0.4) is 0 Å². The van der Waals surface area contributed by atoms with Crippen molar-refractivity contribution in [1.29, 1.82) is 0 Å². The molecular weight excluding hydrogens is 268 g/mol. The average Bonchev–Trinajstić information content (AvgIpc) is 2.96. The number of nitrogens with one attached hydrogen (secondary N) is 2. The molecule has 2 N–H and O–H groups in total. The van der Waals surface area contributed by atoms with Crippen LogP contribution < -0.4 is 15.4 Å². The number of benzene rings is 1. The van der Waals surface area contributed by atoms with Gasteiger partial charge in [0.1, 0.15) is 11.9 Å². The first kappa shape index (κ1) is 15.6. The molecule has 21 heavy (non-hydrogen) atoms. The molecule has 1 fully saturated rings. The highest BCUT2D eigenvalue weighted by Crippen LogP contribution is 2.14. The third-order valence-electron chi connectivity index (χ3n) is 3.45. The third-order valence-corrected chi connectivity index (χ3v) is 3.45. The minimum Gasteiger partial charge on any atom is -0.489 e. The predicted molar refractivity (Wildman–Crippen MR) is 81.6 cm³/mol. The Bertz CT molecular complexity index is 459. The molecule has 1 aliphatic heterocycles.